The van der Waals surface area contributed by atoms with Gasteiger partial charge < -0.3 is 19.9 Å². The Morgan fingerprint density at radius 2 is 2.19 bits per heavy atom. The predicted molar refractivity (Wildman–Crippen MR) is 83.9 cm³/mol. The summed E-state index contributed by atoms with van der Waals surface area (Å²) in [5.74, 6) is -0.458. The number of furan rings is 1. The summed E-state index contributed by atoms with van der Waals surface area (Å²) >= 11 is 1.60. The first kappa shape index (κ1) is 15.9. The average molecular weight is 309 g/mol. The second-order valence-electron chi connectivity index (χ2n) is 5.32. The number of rotatable bonds is 7. The standard InChI is InChI=1S/C15H19NO4S/c1-15(19,9-21-2)8-16-7-10-3-4-12-11(5-10)6-13(20-12)14(17)18/h3-6,16,19H,7-9H2,1-2H3,(H,17,18). The van der Waals surface area contributed by atoms with E-state index in [1.807, 2.05) is 18.4 Å². The Bertz CT molecular complexity index is 636. The van der Waals surface area contributed by atoms with Crippen molar-refractivity contribution >= 4 is 28.7 Å². The molecule has 0 aliphatic carbocycles. The molecule has 5 nitrogen and oxygen atoms in total. The number of thioether (sulfide) groups is 1. The van der Waals surface area contributed by atoms with Crippen molar-refractivity contribution in [3.8, 4) is 0 Å². The van der Waals surface area contributed by atoms with E-state index in [9.17, 15) is 9.90 Å². The number of benzene rings is 1. The van der Waals surface area contributed by atoms with Crippen molar-refractivity contribution in [1.29, 1.82) is 0 Å². The molecule has 1 atom stereocenters. The van der Waals surface area contributed by atoms with E-state index < -0.39 is 11.6 Å². The highest BCUT2D eigenvalue weighted by molar-refractivity contribution is 7.98. The van der Waals surface area contributed by atoms with Gasteiger partial charge >= 0.3 is 5.97 Å². The third kappa shape index (κ3) is 4.23. The van der Waals surface area contributed by atoms with Crippen molar-refractivity contribution in [1.82, 2.24) is 5.32 Å². The van der Waals surface area contributed by atoms with E-state index in [0.29, 0.717) is 24.4 Å². The van der Waals surface area contributed by atoms with Crippen LogP contribution in [0.25, 0.3) is 11.0 Å². The zero-order valence-corrected chi connectivity index (χ0v) is 12.9. The largest absolute Gasteiger partial charge is 0.475 e. The van der Waals surface area contributed by atoms with Crippen LogP contribution < -0.4 is 5.32 Å². The van der Waals surface area contributed by atoms with Crippen molar-refractivity contribution in [2.75, 3.05) is 18.6 Å². The van der Waals surface area contributed by atoms with E-state index >= 15 is 0 Å². The fraction of sp³-hybridized carbons (Fsp3) is 0.400. The number of carbonyl (C=O) groups is 1. The maximum Gasteiger partial charge on any atom is 0.371 e. The summed E-state index contributed by atoms with van der Waals surface area (Å²) in [6, 6.07) is 7.05. The van der Waals surface area contributed by atoms with Crippen LogP contribution in [0.1, 0.15) is 23.0 Å². The summed E-state index contributed by atoms with van der Waals surface area (Å²) in [6.45, 7) is 2.90. The zero-order chi connectivity index (χ0) is 15.5. The Hall–Kier alpha value is -1.50. The quantitative estimate of drug-likeness (QED) is 0.728. The summed E-state index contributed by atoms with van der Waals surface area (Å²) in [7, 11) is 0. The fourth-order valence-corrected chi connectivity index (χ4v) is 2.87. The van der Waals surface area contributed by atoms with Crippen LogP contribution >= 0.6 is 11.8 Å². The second kappa shape index (κ2) is 6.51. The number of hydrogen-bond acceptors (Lipinski definition) is 5. The fourth-order valence-electron chi connectivity index (χ4n) is 2.15. The molecule has 1 heterocycles. The number of hydrogen-bond donors (Lipinski definition) is 3. The molecule has 3 N–H and O–H groups in total. The predicted octanol–water partition coefficient (Wildman–Crippen LogP) is 2.33. The molecule has 0 fully saturated rings. The average Bonchev–Trinajstić information content (AvgIpc) is 2.81. The molecule has 0 spiro atoms. The smallest absolute Gasteiger partial charge is 0.371 e. The summed E-state index contributed by atoms with van der Waals surface area (Å²) in [5, 5.41) is 22.9. The van der Waals surface area contributed by atoms with Crippen LogP contribution in [0.3, 0.4) is 0 Å². The Balaban J connectivity index is 2.01. The van der Waals surface area contributed by atoms with Gasteiger partial charge in [-0.1, -0.05) is 6.07 Å². The van der Waals surface area contributed by atoms with E-state index in [2.05, 4.69) is 5.32 Å². The number of fused-ring (bicyclic) bond motifs is 1. The highest BCUT2D eigenvalue weighted by atomic mass is 32.2. The Morgan fingerprint density at radius 1 is 1.43 bits per heavy atom. The summed E-state index contributed by atoms with van der Waals surface area (Å²) in [6.07, 6.45) is 1.96. The van der Waals surface area contributed by atoms with E-state index in [0.717, 1.165) is 10.9 Å². The normalized spacial score (nSPS) is 14.2. The van der Waals surface area contributed by atoms with Gasteiger partial charge in [0.2, 0.25) is 5.76 Å². The van der Waals surface area contributed by atoms with Gasteiger partial charge in [0, 0.05) is 24.2 Å². The zero-order valence-electron chi connectivity index (χ0n) is 12.0. The lowest BCUT2D eigenvalue weighted by Crippen LogP contribution is -2.39. The lowest BCUT2D eigenvalue weighted by atomic mass is 10.1. The van der Waals surface area contributed by atoms with Crippen LogP contribution in [0.15, 0.2) is 28.7 Å². The summed E-state index contributed by atoms with van der Waals surface area (Å²) < 4.78 is 5.21. The molecule has 0 amide bonds. The molecule has 2 aromatic rings. The van der Waals surface area contributed by atoms with Crippen molar-refractivity contribution in [3.05, 3.63) is 35.6 Å². The van der Waals surface area contributed by atoms with E-state index in [1.165, 1.54) is 6.07 Å². The van der Waals surface area contributed by atoms with Gasteiger partial charge in [-0.15, -0.1) is 0 Å². The molecule has 0 aliphatic rings. The van der Waals surface area contributed by atoms with Crippen LogP contribution in [0.4, 0.5) is 0 Å². The van der Waals surface area contributed by atoms with Crippen LogP contribution in [-0.2, 0) is 6.54 Å². The van der Waals surface area contributed by atoms with Gasteiger partial charge in [0.05, 0.1) is 5.60 Å². The molecule has 1 unspecified atom stereocenters. The van der Waals surface area contributed by atoms with Gasteiger partial charge in [-0.25, -0.2) is 4.79 Å². The molecule has 6 heteroatoms. The third-order valence-corrected chi connectivity index (χ3v) is 3.99. The minimum Gasteiger partial charge on any atom is -0.475 e. The van der Waals surface area contributed by atoms with E-state index in [1.54, 1.807) is 24.8 Å². The first-order valence-electron chi connectivity index (χ1n) is 6.59. The molecular formula is C15H19NO4S. The van der Waals surface area contributed by atoms with Crippen LogP contribution in [0, 0.1) is 0 Å². The van der Waals surface area contributed by atoms with Gasteiger partial charge in [-0.05, 0) is 36.9 Å². The Morgan fingerprint density at radius 3 is 2.86 bits per heavy atom. The number of nitrogens with one attached hydrogen (secondary N) is 1. The molecule has 1 aromatic heterocycles. The van der Waals surface area contributed by atoms with Crippen molar-refractivity contribution in [2.24, 2.45) is 0 Å². The molecule has 0 bridgehead atoms. The van der Waals surface area contributed by atoms with Crippen molar-refractivity contribution in [3.63, 3.8) is 0 Å². The minimum atomic E-state index is -1.07. The van der Waals surface area contributed by atoms with Gasteiger partial charge in [0.25, 0.3) is 0 Å². The maximum absolute atomic E-state index is 10.9. The molecule has 0 radical (unpaired) electrons. The summed E-state index contributed by atoms with van der Waals surface area (Å²) in [5.41, 5.74) is 0.834. The third-order valence-electron chi connectivity index (χ3n) is 3.08. The molecule has 114 valence electrons. The van der Waals surface area contributed by atoms with Gasteiger partial charge in [-0.2, -0.15) is 11.8 Å². The first-order chi connectivity index (χ1) is 9.91. The molecule has 2 rings (SSSR count). The molecule has 1 aromatic carbocycles. The van der Waals surface area contributed by atoms with E-state index in [-0.39, 0.29) is 5.76 Å². The first-order valence-corrected chi connectivity index (χ1v) is 7.98. The number of aliphatic hydroxyl groups is 1. The van der Waals surface area contributed by atoms with Crippen LogP contribution in [0.2, 0.25) is 0 Å². The van der Waals surface area contributed by atoms with Gasteiger partial charge in [0.15, 0.2) is 0 Å². The monoisotopic (exact) mass is 309 g/mol. The second-order valence-corrected chi connectivity index (χ2v) is 6.19. The van der Waals surface area contributed by atoms with E-state index in [4.69, 9.17) is 9.52 Å². The highest BCUT2D eigenvalue weighted by Crippen LogP contribution is 2.21. The molecular weight excluding hydrogens is 290 g/mol. The van der Waals surface area contributed by atoms with Crippen LogP contribution in [-0.4, -0.2) is 40.3 Å². The lowest BCUT2D eigenvalue weighted by Gasteiger charge is -2.22. The Kier molecular flexibility index (Phi) is 4.92. The molecule has 0 saturated carbocycles. The Labute approximate surface area is 127 Å². The maximum atomic E-state index is 10.9. The highest BCUT2D eigenvalue weighted by Gasteiger charge is 2.18. The molecule has 0 aliphatic heterocycles. The van der Waals surface area contributed by atoms with Gasteiger partial charge in [-0.3, -0.25) is 0 Å². The van der Waals surface area contributed by atoms with Crippen molar-refractivity contribution in [2.45, 2.75) is 19.1 Å². The SMILES string of the molecule is CSCC(C)(O)CNCc1ccc2oc(C(=O)O)cc2c1. The number of aromatic carboxylic acids is 1. The van der Waals surface area contributed by atoms with Crippen molar-refractivity contribution < 1.29 is 19.4 Å². The molecule has 21 heavy (non-hydrogen) atoms. The summed E-state index contributed by atoms with van der Waals surface area (Å²) in [4.78, 5) is 10.9. The lowest BCUT2D eigenvalue weighted by molar-refractivity contribution is 0.0664. The number of carboxylic acid groups (broad SMARTS) is 1. The number of carboxylic acids is 1. The van der Waals surface area contributed by atoms with Gasteiger partial charge in [0.1, 0.15) is 5.58 Å². The minimum absolute atomic E-state index is 0.0574. The molecule has 0 saturated heterocycles. The van der Waals surface area contributed by atoms with Crippen LogP contribution in [0.5, 0.6) is 0 Å². The topological polar surface area (TPSA) is 82.7 Å².